The Balaban J connectivity index is 0.000000153. The number of anilines is 2. The molecule has 4 aromatic carbocycles. The number of halogens is 2. The Labute approximate surface area is 380 Å². The van der Waals surface area contributed by atoms with E-state index < -0.39 is 21.9 Å². The fourth-order valence-electron chi connectivity index (χ4n) is 9.15. The van der Waals surface area contributed by atoms with E-state index >= 15 is 0 Å². The van der Waals surface area contributed by atoms with Crippen LogP contribution in [0.4, 0.5) is 11.4 Å². The maximum absolute atomic E-state index is 6.19. The van der Waals surface area contributed by atoms with Crippen LogP contribution in [0.1, 0.15) is 57.5 Å². The van der Waals surface area contributed by atoms with Crippen molar-refractivity contribution in [1.82, 2.24) is 14.0 Å². The summed E-state index contributed by atoms with van der Waals surface area (Å²) in [5.74, 6) is 0. The molecule has 4 aliphatic heterocycles. The number of nitrogens with zero attached hydrogens (tertiary/aromatic N) is 5. The first kappa shape index (κ1) is 48.0. The predicted molar refractivity (Wildman–Crippen MR) is 258 cm³/mol. The molecule has 332 valence electrons. The number of allylic oxidation sites excluding steroid dienone is 1. The summed E-state index contributed by atoms with van der Waals surface area (Å²) in [5, 5.41) is 0. The van der Waals surface area contributed by atoms with E-state index in [1.807, 2.05) is 24.3 Å². The predicted octanol–water partition coefficient (Wildman–Crippen LogP) is 10.1. The molecule has 9 rings (SSSR count). The van der Waals surface area contributed by atoms with Crippen molar-refractivity contribution in [1.29, 1.82) is 0 Å². The Morgan fingerprint density at radius 1 is 0.525 bits per heavy atom. The van der Waals surface area contributed by atoms with E-state index in [0.29, 0.717) is 0 Å². The molecule has 0 N–H and O–H groups in total. The van der Waals surface area contributed by atoms with E-state index in [1.54, 1.807) is 0 Å². The summed E-state index contributed by atoms with van der Waals surface area (Å²) in [5.41, 5.74) is 15.7. The van der Waals surface area contributed by atoms with Gasteiger partial charge in [0.05, 0.1) is 78.9 Å². The average Bonchev–Trinajstić information content (AvgIpc) is 3.88. The van der Waals surface area contributed by atoms with Crippen molar-refractivity contribution in [3.8, 4) is 0 Å². The zero-order chi connectivity index (χ0) is 42.2. The van der Waals surface area contributed by atoms with Gasteiger partial charge in [0, 0.05) is 24.5 Å². The van der Waals surface area contributed by atoms with Crippen LogP contribution in [0.3, 0.4) is 0 Å². The van der Waals surface area contributed by atoms with Crippen LogP contribution in [-0.2, 0) is 27.7 Å². The molecule has 8 nitrogen and oxygen atoms in total. The van der Waals surface area contributed by atoms with Gasteiger partial charge >= 0.3 is 120 Å². The monoisotopic (exact) mass is 975 g/mol. The Bertz CT molecular complexity index is 1980. The van der Waals surface area contributed by atoms with Crippen LogP contribution >= 0.6 is 27.8 Å². The number of aryl methyl sites for hydroxylation is 6. The normalized spacial score (nSPS) is 18.7. The topological polar surface area (TPSA) is 43.9 Å². The first-order valence-corrected chi connectivity index (χ1v) is 27.9. The molecule has 0 saturated carbocycles. The van der Waals surface area contributed by atoms with Crippen molar-refractivity contribution >= 4 is 48.8 Å². The number of fused-ring (bicyclic) bond motifs is 1. The van der Waals surface area contributed by atoms with Gasteiger partial charge in [-0.25, -0.2) is 0 Å². The van der Waals surface area contributed by atoms with Gasteiger partial charge in [0.15, 0.2) is 0 Å². The Morgan fingerprint density at radius 2 is 0.902 bits per heavy atom. The molecular weight excluding hydrogens is 910 g/mol. The first-order chi connectivity index (χ1) is 29.1. The summed E-state index contributed by atoms with van der Waals surface area (Å²) >= 11 is -1.88. The number of hydrogen-bond donors (Lipinski definition) is 0. The summed E-state index contributed by atoms with van der Waals surface area (Å²) in [4.78, 5) is 4.81. The molecule has 0 amide bonds. The van der Waals surface area contributed by atoms with Crippen molar-refractivity contribution in [3.05, 3.63) is 142 Å². The number of hydrogen-bond acceptors (Lipinski definition) is 8. The second-order valence-corrected chi connectivity index (χ2v) is 24.4. The summed E-state index contributed by atoms with van der Waals surface area (Å²) < 4.78 is 25.6. The number of benzene rings is 4. The van der Waals surface area contributed by atoms with E-state index in [0.717, 1.165) is 96.1 Å². The standard InChI is InChI=1S/C21H27N2.C15H10.C12H24N3O3P.CH4.2ClH.Ru/c1-14-9-16(3)20(17(4)10-14)22-7-8-23(13-22)21-18(5)11-15(2)12-19(21)6;1-2-6-12(7-3-1)15-11-10-13-8-4-5-9-14(13)15;1-7-16-8-2-13(1)19(14-3-9-17-10-4-14)15-5-11-18-12-6-15;;;;/h9-13H,7-8H2,1-6H3;1-9,11H;1-12H2;1H4;2*1H;/q-1;;;;;;+2/p-1. The van der Waals surface area contributed by atoms with Crippen LogP contribution in [0.25, 0.3) is 5.57 Å². The van der Waals surface area contributed by atoms with Gasteiger partial charge in [-0.1, -0.05) is 42.8 Å². The third-order valence-electron chi connectivity index (χ3n) is 11.6. The Morgan fingerprint density at radius 3 is 1.30 bits per heavy atom. The third kappa shape index (κ3) is 12.0. The minimum absolute atomic E-state index is 0. The zero-order valence-corrected chi connectivity index (χ0v) is 40.4. The summed E-state index contributed by atoms with van der Waals surface area (Å²) in [6.07, 6.45) is 2.15. The van der Waals surface area contributed by atoms with Crippen LogP contribution in [0.2, 0.25) is 0 Å². The maximum atomic E-state index is 6.19. The van der Waals surface area contributed by atoms with Crippen LogP contribution in [0.15, 0.2) is 84.9 Å². The number of morpholine rings is 3. The fraction of sp³-hybridized carbons (Fsp3) is 0.429. The van der Waals surface area contributed by atoms with Crippen molar-refractivity contribution in [2.75, 3.05) is 102 Å². The van der Waals surface area contributed by atoms with Crippen LogP contribution in [-0.4, -0.2) is 110 Å². The van der Waals surface area contributed by atoms with Gasteiger partial charge in [-0.05, 0) is 63.8 Å². The third-order valence-corrected chi connectivity index (χ3v) is 17.7. The van der Waals surface area contributed by atoms with E-state index in [-0.39, 0.29) is 7.43 Å². The summed E-state index contributed by atoms with van der Waals surface area (Å²) in [6, 6.07) is 27.8. The molecule has 5 aliphatic rings. The fourth-order valence-corrected chi connectivity index (χ4v) is 14.6. The van der Waals surface area contributed by atoms with E-state index in [4.69, 9.17) is 33.6 Å². The van der Waals surface area contributed by atoms with E-state index in [1.165, 1.54) is 67.0 Å². The van der Waals surface area contributed by atoms with Gasteiger partial charge in [0.25, 0.3) is 0 Å². The molecule has 4 aromatic rings. The van der Waals surface area contributed by atoms with Crippen molar-refractivity contribution in [2.45, 2.75) is 49.0 Å². The Hall–Kier alpha value is -2.52. The zero-order valence-electron chi connectivity index (χ0n) is 36.1. The summed E-state index contributed by atoms with van der Waals surface area (Å²) in [7, 11) is 11.6. The SMILES string of the molecule is C.C1CN([PH+](N2CCOCC2)N2CCOCC2)CCO1.Cc1cc(C)c(N2[CH-]N(c3c(C)cc(C)cc3C)CC2)c(C)c1.[Cl][Ru]([Cl])=[C]1C=C(c2ccccc2)c2ccccc21. The molecule has 0 bridgehead atoms. The molecule has 0 unspecified atom stereocenters. The quantitative estimate of drug-likeness (QED) is 0.108. The van der Waals surface area contributed by atoms with Gasteiger partial charge in [0.1, 0.15) is 0 Å². The second-order valence-electron chi connectivity index (χ2n) is 16.1. The minimum atomic E-state index is -1.88. The molecule has 0 radical (unpaired) electrons. The van der Waals surface area contributed by atoms with Crippen molar-refractivity contribution in [2.24, 2.45) is 0 Å². The van der Waals surface area contributed by atoms with Gasteiger partial charge in [-0.15, -0.1) is 14.0 Å². The molecule has 12 heteroatoms. The molecule has 0 atom stereocenters. The van der Waals surface area contributed by atoms with E-state index in [9.17, 15) is 0 Å². The molecule has 4 saturated heterocycles. The van der Waals surface area contributed by atoms with Gasteiger partial charge in [-0.3, -0.25) is 0 Å². The molecule has 4 fully saturated rings. The second kappa shape index (κ2) is 22.9. The first-order valence-electron chi connectivity index (χ1n) is 21.2. The summed E-state index contributed by atoms with van der Waals surface area (Å²) in [6.45, 7) is 29.3. The average molecular weight is 976 g/mol. The van der Waals surface area contributed by atoms with Crippen LogP contribution < -0.4 is 9.80 Å². The van der Waals surface area contributed by atoms with Crippen LogP contribution in [0.5, 0.6) is 0 Å². The number of ether oxygens (including phenoxy) is 3. The van der Waals surface area contributed by atoms with Gasteiger partial charge in [-0.2, -0.15) is 6.67 Å². The molecule has 1 aliphatic carbocycles. The van der Waals surface area contributed by atoms with Crippen molar-refractivity contribution < 1.29 is 27.7 Å². The molecular formula is C49H66Cl2N5O3PRu. The Kier molecular flexibility index (Phi) is 18.0. The van der Waals surface area contributed by atoms with E-state index in [2.05, 4.69) is 133 Å². The van der Waals surface area contributed by atoms with Crippen LogP contribution in [0, 0.1) is 48.2 Å². The molecule has 4 heterocycles. The van der Waals surface area contributed by atoms with Gasteiger partial charge < -0.3 is 24.0 Å². The number of rotatable bonds is 6. The molecule has 0 aromatic heterocycles. The molecule has 0 spiro atoms. The van der Waals surface area contributed by atoms with Gasteiger partial charge in [0.2, 0.25) is 8.37 Å². The molecule has 61 heavy (non-hydrogen) atoms. The van der Waals surface area contributed by atoms with Crippen molar-refractivity contribution in [3.63, 3.8) is 0 Å².